The molecule has 9 rings (SSSR count). The van der Waals surface area contributed by atoms with Gasteiger partial charge in [0.05, 0.1) is 11.0 Å². The van der Waals surface area contributed by atoms with Crippen LogP contribution >= 0.6 is 0 Å². The van der Waals surface area contributed by atoms with E-state index in [0.717, 1.165) is 0 Å². The third kappa shape index (κ3) is 4.17. The number of para-hydroxylation sites is 1. The van der Waals surface area contributed by atoms with Crippen molar-refractivity contribution in [2.24, 2.45) is 0 Å². The molecular weight excluding hydrogens is 542 g/mol. The first kappa shape index (κ1) is 25.6. The van der Waals surface area contributed by atoms with Crippen LogP contribution in [-0.2, 0) is 0 Å². The topological polar surface area (TPSA) is 4.93 Å². The van der Waals surface area contributed by atoms with Gasteiger partial charge in [-0.3, -0.25) is 0 Å². The minimum Gasteiger partial charge on any atom is -0.309 e. The van der Waals surface area contributed by atoms with Crippen LogP contribution in [0.25, 0.3) is 82.4 Å². The normalized spacial score (nSPS) is 11.6. The standard InChI is InChI=1S/C44H29N/c1-3-11-30(12-4-1)31-19-23-35(24-20-31)45-42-18-10-9-17-41(42)44-38-25-21-33(29-34(38)22-28-43(44)45)37-27-26-36(32-13-5-2-6-14-32)39-15-7-8-16-40(37)39/h1-29H. The monoisotopic (exact) mass is 571 g/mol. The van der Waals surface area contributed by atoms with Gasteiger partial charge in [-0.2, -0.15) is 0 Å². The van der Waals surface area contributed by atoms with Gasteiger partial charge in [0.25, 0.3) is 0 Å². The van der Waals surface area contributed by atoms with Crippen molar-refractivity contribution in [2.45, 2.75) is 0 Å². The third-order valence-electron chi connectivity index (χ3n) is 9.21. The second-order valence-electron chi connectivity index (χ2n) is 11.7. The summed E-state index contributed by atoms with van der Waals surface area (Å²) in [5, 5.41) is 7.64. The lowest BCUT2D eigenvalue weighted by molar-refractivity contribution is 1.18. The van der Waals surface area contributed by atoms with Crippen LogP contribution in [0.1, 0.15) is 0 Å². The van der Waals surface area contributed by atoms with Gasteiger partial charge in [0, 0.05) is 16.5 Å². The Kier molecular flexibility index (Phi) is 5.89. The molecule has 0 unspecified atom stereocenters. The number of hydrogen-bond donors (Lipinski definition) is 0. The molecule has 1 nitrogen and oxygen atoms in total. The minimum atomic E-state index is 1.17. The van der Waals surface area contributed by atoms with Crippen LogP contribution in [0.4, 0.5) is 0 Å². The van der Waals surface area contributed by atoms with Crippen LogP contribution in [-0.4, -0.2) is 4.57 Å². The van der Waals surface area contributed by atoms with Crippen molar-refractivity contribution >= 4 is 43.4 Å². The molecule has 9 aromatic rings. The highest BCUT2D eigenvalue weighted by Gasteiger charge is 2.16. The second-order valence-corrected chi connectivity index (χ2v) is 11.7. The van der Waals surface area contributed by atoms with Crippen LogP contribution in [0, 0.1) is 0 Å². The summed E-state index contributed by atoms with van der Waals surface area (Å²) >= 11 is 0. The molecule has 0 spiro atoms. The van der Waals surface area contributed by atoms with E-state index >= 15 is 0 Å². The van der Waals surface area contributed by atoms with Crippen LogP contribution in [0.5, 0.6) is 0 Å². The lowest BCUT2D eigenvalue weighted by Crippen LogP contribution is -1.93. The molecule has 1 heterocycles. The zero-order valence-electron chi connectivity index (χ0n) is 24.7. The highest BCUT2D eigenvalue weighted by atomic mass is 15.0. The molecule has 0 amide bonds. The lowest BCUT2D eigenvalue weighted by Gasteiger charge is -2.13. The Morgan fingerprint density at radius 2 is 0.867 bits per heavy atom. The predicted molar refractivity (Wildman–Crippen MR) is 192 cm³/mol. The number of hydrogen-bond acceptors (Lipinski definition) is 0. The summed E-state index contributed by atoms with van der Waals surface area (Å²) in [4.78, 5) is 0. The van der Waals surface area contributed by atoms with E-state index in [0.29, 0.717) is 0 Å². The summed E-state index contributed by atoms with van der Waals surface area (Å²) in [5.41, 5.74) is 11.1. The van der Waals surface area contributed by atoms with E-state index in [-0.39, 0.29) is 0 Å². The van der Waals surface area contributed by atoms with E-state index in [9.17, 15) is 0 Å². The smallest absolute Gasteiger partial charge is 0.0547 e. The second kappa shape index (κ2) is 10.4. The molecule has 1 aromatic heterocycles. The van der Waals surface area contributed by atoms with Gasteiger partial charge in [0.1, 0.15) is 0 Å². The number of nitrogens with zero attached hydrogens (tertiary/aromatic N) is 1. The van der Waals surface area contributed by atoms with Gasteiger partial charge in [-0.25, -0.2) is 0 Å². The average Bonchev–Trinajstić information content (AvgIpc) is 3.46. The zero-order chi connectivity index (χ0) is 29.7. The van der Waals surface area contributed by atoms with E-state index in [4.69, 9.17) is 0 Å². The minimum absolute atomic E-state index is 1.17. The van der Waals surface area contributed by atoms with Crippen molar-refractivity contribution in [1.82, 2.24) is 4.57 Å². The molecule has 0 aliphatic carbocycles. The SMILES string of the molecule is c1ccc(-c2ccc(-n3c4ccccc4c4c5ccc(-c6ccc(-c7ccccc7)c7ccccc67)cc5ccc43)cc2)cc1. The maximum absolute atomic E-state index is 2.41. The molecule has 45 heavy (non-hydrogen) atoms. The van der Waals surface area contributed by atoms with Crippen LogP contribution in [0.15, 0.2) is 176 Å². The number of benzene rings is 8. The Labute approximate surface area is 262 Å². The van der Waals surface area contributed by atoms with Gasteiger partial charge in [0.2, 0.25) is 0 Å². The van der Waals surface area contributed by atoms with Crippen LogP contribution < -0.4 is 0 Å². The Hall–Kier alpha value is -5.92. The first-order chi connectivity index (χ1) is 22.3. The van der Waals surface area contributed by atoms with E-state index in [2.05, 4.69) is 180 Å². The third-order valence-corrected chi connectivity index (χ3v) is 9.21. The molecule has 0 aliphatic rings. The molecule has 0 atom stereocenters. The van der Waals surface area contributed by atoms with E-state index in [1.54, 1.807) is 0 Å². The van der Waals surface area contributed by atoms with Gasteiger partial charge in [0.15, 0.2) is 0 Å². The molecule has 0 radical (unpaired) electrons. The van der Waals surface area contributed by atoms with Crippen molar-refractivity contribution in [2.75, 3.05) is 0 Å². The summed E-state index contributed by atoms with van der Waals surface area (Å²) in [5.74, 6) is 0. The van der Waals surface area contributed by atoms with Crippen molar-refractivity contribution in [3.8, 4) is 39.1 Å². The largest absolute Gasteiger partial charge is 0.309 e. The van der Waals surface area contributed by atoms with Gasteiger partial charge in [-0.1, -0.05) is 146 Å². The van der Waals surface area contributed by atoms with Gasteiger partial charge in [-0.15, -0.1) is 0 Å². The zero-order valence-corrected chi connectivity index (χ0v) is 24.7. The van der Waals surface area contributed by atoms with Gasteiger partial charge < -0.3 is 4.57 Å². The van der Waals surface area contributed by atoms with E-state index in [1.807, 2.05) is 0 Å². The molecule has 0 saturated carbocycles. The number of aromatic nitrogens is 1. The van der Waals surface area contributed by atoms with Crippen molar-refractivity contribution in [1.29, 1.82) is 0 Å². The fourth-order valence-corrected chi connectivity index (χ4v) is 7.10. The Morgan fingerprint density at radius 3 is 1.58 bits per heavy atom. The molecule has 0 fully saturated rings. The number of rotatable bonds is 4. The summed E-state index contributed by atoms with van der Waals surface area (Å²) in [6.45, 7) is 0. The number of fused-ring (bicyclic) bond motifs is 6. The van der Waals surface area contributed by atoms with Gasteiger partial charge in [-0.05, 0) is 85.3 Å². The molecular formula is C44H29N. The Morgan fingerprint density at radius 1 is 0.311 bits per heavy atom. The fraction of sp³-hybridized carbons (Fsp3) is 0. The maximum Gasteiger partial charge on any atom is 0.0547 e. The lowest BCUT2D eigenvalue weighted by atomic mass is 9.91. The first-order valence-corrected chi connectivity index (χ1v) is 15.5. The average molecular weight is 572 g/mol. The molecule has 210 valence electrons. The van der Waals surface area contributed by atoms with Crippen molar-refractivity contribution < 1.29 is 0 Å². The maximum atomic E-state index is 2.41. The van der Waals surface area contributed by atoms with Crippen molar-refractivity contribution in [3.05, 3.63) is 176 Å². The summed E-state index contributed by atoms with van der Waals surface area (Å²) in [6.07, 6.45) is 0. The van der Waals surface area contributed by atoms with E-state index in [1.165, 1.54) is 82.4 Å². The predicted octanol–water partition coefficient (Wildman–Crippen LogP) is 12.1. The summed E-state index contributed by atoms with van der Waals surface area (Å²) < 4.78 is 2.41. The van der Waals surface area contributed by atoms with Gasteiger partial charge >= 0.3 is 0 Å². The van der Waals surface area contributed by atoms with Crippen LogP contribution in [0.3, 0.4) is 0 Å². The highest BCUT2D eigenvalue weighted by Crippen LogP contribution is 2.40. The fourth-order valence-electron chi connectivity index (χ4n) is 7.10. The Bertz CT molecular complexity index is 2500. The molecule has 0 aliphatic heterocycles. The molecule has 0 N–H and O–H groups in total. The first-order valence-electron chi connectivity index (χ1n) is 15.5. The highest BCUT2D eigenvalue weighted by molar-refractivity contribution is 6.22. The van der Waals surface area contributed by atoms with E-state index < -0.39 is 0 Å². The molecule has 0 saturated heterocycles. The molecule has 1 heteroatoms. The van der Waals surface area contributed by atoms with Crippen molar-refractivity contribution in [3.63, 3.8) is 0 Å². The Balaban J connectivity index is 1.21. The molecule has 0 bridgehead atoms. The summed E-state index contributed by atoms with van der Waals surface area (Å²) in [7, 11) is 0. The quantitative estimate of drug-likeness (QED) is 0.198. The van der Waals surface area contributed by atoms with Crippen LogP contribution in [0.2, 0.25) is 0 Å². The summed E-state index contributed by atoms with van der Waals surface area (Å²) in [6, 6.07) is 63.9. The molecule has 8 aromatic carbocycles.